The van der Waals surface area contributed by atoms with Crippen molar-refractivity contribution in [2.24, 2.45) is 5.73 Å². The van der Waals surface area contributed by atoms with Crippen LogP contribution in [0.25, 0.3) is 10.6 Å². The minimum absolute atomic E-state index is 0.0694. The van der Waals surface area contributed by atoms with E-state index in [0.717, 1.165) is 21.8 Å². The summed E-state index contributed by atoms with van der Waals surface area (Å²) in [5.41, 5.74) is 8.56. The van der Waals surface area contributed by atoms with Gasteiger partial charge in [-0.15, -0.1) is 11.3 Å². The van der Waals surface area contributed by atoms with Crippen LogP contribution in [0, 0.1) is 0 Å². The Bertz CT molecular complexity index is 657. The lowest BCUT2D eigenvalue weighted by atomic mass is 10.1. The molecule has 2 aromatic rings. The minimum atomic E-state index is -0.0694. The molecule has 1 aromatic carbocycles. The lowest BCUT2D eigenvalue weighted by Crippen LogP contribution is -2.28. The summed E-state index contributed by atoms with van der Waals surface area (Å²) in [6.45, 7) is 1.55. The van der Waals surface area contributed by atoms with Gasteiger partial charge in [0.05, 0.1) is 12.1 Å². The summed E-state index contributed by atoms with van der Waals surface area (Å²) in [5, 5.41) is 8.14. The molecule has 0 atom stereocenters. The number of benzene rings is 1. The Balaban J connectivity index is 1.89. The smallest absolute Gasteiger partial charge is 0.226 e. The number of hydrogen-bond donors (Lipinski definition) is 3. The van der Waals surface area contributed by atoms with Gasteiger partial charge >= 0.3 is 0 Å². The van der Waals surface area contributed by atoms with Gasteiger partial charge in [0.1, 0.15) is 5.01 Å². The van der Waals surface area contributed by atoms with Crippen LogP contribution < -0.4 is 16.4 Å². The number of thiazole rings is 1. The van der Waals surface area contributed by atoms with Gasteiger partial charge in [-0.1, -0.05) is 24.3 Å². The molecule has 0 radical (unpaired) electrons. The van der Waals surface area contributed by atoms with Crippen molar-refractivity contribution >= 4 is 23.7 Å². The van der Waals surface area contributed by atoms with Crippen LogP contribution in [0.2, 0.25) is 0 Å². The fraction of sp³-hybridized carbons (Fsp3) is 0.312. The zero-order chi connectivity index (χ0) is 16.5. The predicted molar refractivity (Wildman–Crippen MR) is 90.8 cm³/mol. The fourth-order valence-electron chi connectivity index (χ4n) is 2.12. The molecule has 0 aliphatic heterocycles. The van der Waals surface area contributed by atoms with Crippen LogP contribution in [0.1, 0.15) is 17.7 Å². The van der Waals surface area contributed by atoms with Crippen molar-refractivity contribution in [1.29, 1.82) is 0 Å². The summed E-state index contributed by atoms with van der Waals surface area (Å²) in [7, 11) is 0. The number of carbonyl (C=O) groups excluding carboxylic acids is 2. The quantitative estimate of drug-likeness (QED) is 0.472. The van der Waals surface area contributed by atoms with Gasteiger partial charge in [-0.25, -0.2) is 4.98 Å². The molecule has 0 aliphatic carbocycles. The van der Waals surface area contributed by atoms with Gasteiger partial charge in [-0.05, 0) is 12.0 Å². The molecule has 0 fully saturated rings. The number of nitrogens with zero attached hydrogens (tertiary/aromatic N) is 1. The van der Waals surface area contributed by atoms with E-state index in [9.17, 15) is 9.59 Å². The van der Waals surface area contributed by atoms with E-state index in [2.05, 4.69) is 15.6 Å². The van der Waals surface area contributed by atoms with Gasteiger partial charge in [0.15, 0.2) is 0 Å². The Morgan fingerprint density at radius 3 is 2.91 bits per heavy atom. The summed E-state index contributed by atoms with van der Waals surface area (Å²) in [6, 6.07) is 7.88. The first kappa shape index (κ1) is 17.1. The molecule has 0 saturated heterocycles. The molecule has 23 heavy (non-hydrogen) atoms. The molecule has 7 heteroatoms. The summed E-state index contributed by atoms with van der Waals surface area (Å²) in [5.74, 6) is -0.0694. The van der Waals surface area contributed by atoms with Crippen LogP contribution in [-0.4, -0.2) is 30.4 Å². The summed E-state index contributed by atoms with van der Waals surface area (Å²) < 4.78 is 0. The van der Waals surface area contributed by atoms with Gasteiger partial charge in [0, 0.05) is 30.6 Å². The molecule has 6 nitrogen and oxygen atoms in total. The number of rotatable bonds is 9. The van der Waals surface area contributed by atoms with Crippen LogP contribution in [0.15, 0.2) is 29.6 Å². The van der Waals surface area contributed by atoms with E-state index >= 15 is 0 Å². The maximum absolute atomic E-state index is 11.9. The van der Waals surface area contributed by atoms with Crippen LogP contribution >= 0.6 is 11.3 Å². The van der Waals surface area contributed by atoms with Crippen molar-refractivity contribution < 1.29 is 9.59 Å². The molecular formula is C16H20N4O2S. The molecule has 2 rings (SSSR count). The first-order valence-electron chi connectivity index (χ1n) is 7.41. The van der Waals surface area contributed by atoms with Crippen molar-refractivity contribution in [2.75, 3.05) is 13.1 Å². The minimum Gasteiger partial charge on any atom is -0.359 e. The van der Waals surface area contributed by atoms with E-state index in [1.807, 2.05) is 29.6 Å². The van der Waals surface area contributed by atoms with Crippen molar-refractivity contribution in [2.45, 2.75) is 19.4 Å². The number of amides is 2. The summed E-state index contributed by atoms with van der Waals surface area (Å²) in [4.78, 5) is 26.5. The summed E-state index contributed by atoms with van der Waals surface area (Å²) >= 11 is 1.51. The lowest BCUT2D eigenvalue weighted by molar-refractivity contribution is -0.120. The highest BCUT2D eigenvalue weighted by atomic mass is 32.1. The predicted octanol–water partition coefficient (Wildman–Crippen LogP) is 1.06. The zero-order valence-electron chi connectivity index (χ0n) is 12.7. The molecule has 2 amide bonds. The average molecular weight is 332 g/mol. The van der Waals surface area contributed by atoms with E-state index in [1.54, 1.807) is 0 Å². The van der Waals surface area contributed by atoms with Gasteiger partial charge in [0.25, 0.3) is 0 Å². The van der Waals surface area contributed by atoms with E-state index < -0.39 is 0 Å². The Labute approximate surface area is 139 Å². The normalized spacial score (nSPS) is 10.3. The second-order valence-corrected chi connectivity index (χ2v) is 5.82. The number of aromatic nitrogens is 1. The molecule has 4 N–H and O–H groups in total. The highest BCUT2D eigenvalue weighted by molar-refractivity contribution is 7.13. The zero-order valence-corrected chi connectivity index (χ0v) is 13.6. The van der Waals surface area contributed by atoms with Gasteiger partial charge < -0.3 is 16.4 Å². The van der Waals surface area contributed by atoms with Crippen molar-refractivity contribution in [1.82, 2.24) is 15.6 Å². The first-order chi connectivity index (χ1) is 11.2. The third-order valence-corrected chi connectivity index (χ3v) is 4.19. The number of nitrogens with two attached hydrogens (primary N) is 1. The molecule has 1 heterocycles. The van der Waals surface area contributed by atoms with Crippen molar-refractivity contribution in [3.63, 3.8) is 0 Å². The molecule has 0 bridgehead atoms. The van der Waals surface area contributed by atoms with E-state index in [1.165, 1.54) is 11.3 Å². The molecule has 0 unspecified atom stereocenters. The maximum Gasteiger partial charge on any atom is 0.226 e. The third kappa shape index (κ3) is 5.15. The van der Waals surface area contributed by atoms with Crippen LogP contribution in [0.5, 0.6) is 0 Å². The third-order valence-electron chi connectivity index (χ3n) is 3.26. The van der Waals surface area contributed by atoms with Crippen LogP contribution in [0.3, 0.4) is 0 Å². The second kappa shape index (κ2) is 9.02. The number of nitrogens with one attached hydrogen (secondary N) is 2. The van der Waals surface area contributed by atoms with Crippen molar-refractivity contribution in [3.05, 3.63) is 40.9 Å². The Kier molecular flexibility index (Phi) is 6.71. The van der Waals surface area contributed by atoms with E-state index in [-0.39, 0.29) is 12.3 Å². The Morgan fingerprint density at radius 1 is 1.30 bits per heavy atom. The van der Waals surface area contributed by atoms with Crippen molar-refractivity contribution in [3.8, 4) is 10.6 Å². The lowest BCUT2D eigenvalue weighted by Gasteiger charge is -2.04. The topological polar surface area (TPSA) is 97.1 Å². The molecule has 0 aliphatic rings. The SMILES string of the molecule is NCc1ccccc1-c1nc(CC(=O)NCCCNC=O)cs1. The number of carbonyl (C=O) groups is 2. The fourth-order valence-corrected chi connectivity index (χ4v) is 3.00. The first-order valence-corrected chi connectivity index (χ1v) is 8.29. The Hall–Kier alpha value is -2.25. The van der Waals surface area contributed by atoms with E-state index in [4.69, 9.17) is 5.73 Å². The second-order valence-electron chi connectivity index (χ2n) is 4.96. The van der Waals surface area contributed by atoms with Crippen LogP contribution in [0.4, 0.5) is 0 Å². The average Bonchev–Trinajstić information content (AvgIpc) is 3.02. The van der Waals surface area contributed by atoms with Gasteiger partial charge in [-0.2, -0.15) is 0 Å². The highest BCUT2D eigenvalue weighted by Gasteiger charge is 2.10. The monoisotopic (exact) mass is 332 g/mol. The molecule has 122 valence electrons. The Morgan fingerprint density at radius 2 is 2.13 bits per heavy atom. The van der Waals surface area contributed by atoms with Crippen LogP contribution in [-0.2, 0) is 22.6 Å². The standard InChI is InChI=1S/C16H20N4O2S/c17-9-12-4-1-2-5-14(12)16-20-13(10-23-16)8-15(22)19-7-3-6-18-11-21/h1-2,4-5,10-11H,3,6-9,17H2,(H,18,21)(H,19,22). The van der Waals surface area contributed by atoms with Gasteiger partial charge in [0.2, 0.25) is 12.3 Å². The molecular weight excluding hydrogens is 312 g/mol. The largest absolute Gasteiger partial charge is 0.359 e. The molecule has 1 aromatic heterocycles. The van der Waals surface area contributed by atoms with Gasteiger partial charge in [-0.3, -0.25) is 9.59 Å². The summed E-state index contributed by atoms with van der Waals surface area (Å²) in [6.07, 6.45) is 1.61. The maximum atomic E-state index is 11.9. The van der Waals surface area contributed by atoms with E-state index in [0.29, 0.717) is 32.5 Å². The highest BCUT2D eigenvalue weighted by Crippen LogP contribution is 2.27. The number of hydrogen-bond acceptors (Lipinski definition) is 5. The molecule has 0 spiro atoms. The molecule has 0 saturated carbocycles.